The largest absolute Gasteiger partial charge is 0.364 e. The van der Waals surface area contributed by atoms with Crippen molar-refractivity contribution in [3.05, 3.63) is 28.0 Å². The molecule has 17 heavy (non-hydrogen) atoms. The lowest BCUT2D eigenvalue weighted by molar-refractivity contribution is 0.413. The van der Waals surface area contributed by atoms with Gasteiger partial charge >= 0.3 is 0 Å². The molecule has 1 heterocycles. The second-order valence-electron chi connectivity index (χ2n) is 3.97. The first kappa shape index (κ1) is 12.3. The van der Waals surface area contributed by atoms with Gasteiger partial charge in [-0.1, -0.05) is 0 Å². The van der Waals surface area contributed by atoms with Crippen LogP contribution in [0, 0.1) is 17.1 Å². The molecule has 1 aliphatic heterocycles. The summed E-state index contributed by atoms with van der Waals surface area (Å²) in [5.41, 5.74) is 0.888. The number of likely N-dealkylation sites (N-methyl/N-ethyl adjacent to an activating group) is 1. The van der Waals surface area contributed by atoms with Crippen molar-refractivity contribution in [2.24, 2.45) is 0 Å². The van der Waals surface area contributed by atoms with E-state index in [0.29, 0.717) is 17.3 Å². The lowest BCUT2D eigenvalue weighted by Crippen LogP contribution is -2.57. The topological polar surface area (TPSA) is 39.1 Å². The molecule has 1 aliphatic rings. The molecule has 2 rings (SSSR count). The molecular formula is C12H13BrFN3. The summed E-state index contributed by atoms with van der Waals surface area (Å²) in [7, 11) is 0. The molecule has 1 N–H and O–H groups in total. The number of benzene rings is 1. The van der Waals surface area contributed by atoms with Crippen molar-refractivity contribution < 1.29 is 4.39 Å². The van der Waals surface area contributed by atoms with Gasteiger partial charge in [0.15, 0.2) is 5.82 Å². The van der Waals surface area contributed by atoms with Gasteiger partial charge in [-0.25, -0.2) is 4.39 Å². The maximum Gasteiger partial charge on any atom is 0.161 e. The van der Waals surface area contributed by atoms with Crippen LogP contribution in [0.15, 0.2) is 16.6 Å². The highest BCUT2D eigenvalue weighted by molar-refractivity contribution is 9.10. The molecule has 90 valence electrons. The van der Waals surface area contributed by atoms with Crippen LogP contribution < -0.4 is 10.2 Å². The van der Waals surface area contributed by atoms with Gasteiger partial charge in [-0.15, -0.1) is 0 Å². The fourth-order valence-electron chi connectivity index (χ4n) is 1.97. The highest BCUT2D eigenvalue weighted by Crippen LogP contribution is 2.30. The van der Waals surface area contributed by atoms with Crippen molar-refractivity contribution in [1.82, 2.24) is 5.32 Å². The molecule has 5 heteroatoms. The van der Waals surface area contributed by atoms with Crippen LogP contribution in [0.2, 0.25) is 0 Å². The maximum absolute atomic E-state index is 14.1. The second kappa shape index (κ2) is 5.03. The standard InChI is InChI=1S/C12H13BrFN3/c1-2-17(9-6-16-7-9)10-4-3-8(5-15)11(13)12(10)14/h3-4,9,16H,2,6-7H2,1H3. The highest BCUT2D eigenvalue weighted by Gasteiger charge is 2.26. The van der Waals surface area contributed by atoms with Crippen LogP contribution >= 0.6 is 15.9 Å². The van der Waals surface area contributed by atoms with E-state index in [1.807, 2.05) is 17.9 Å². The van der Waals surface area contributed by atoms with E-state index in [4.69, 9.17) is 5.26 Å². The summed E-state index contributed by atoms with van der Waals surface area (Å²) >= 11 is 3.14. The first-order chi connectivity index (χ1) is 8.19. The van der Waals surface area contributed by atoms with Gasteiger partial charge in [-0.2, -0.15) is 5.26 Å². The van der Waals surface area contributed by atoms with Crippen molar-refractivity contribution in [2.45, 2.75) is 13.0 Å². The van der Waals surface area contributed by atoms with E-state index < -0.39 is 0 Å². The van der Waals surface area contributed by atoms with E-state index in [2.05, 4.69) is 21.2 Å². The van der Waals surface area contributed by atoms with Crippen molar-refractivity contribution in [2.75, 3.05) is 24.5 Å². The number of rotatable bonds is 3. The Balaban J connectivity index is 2.38. The van der Waals surface area contributed by atoms with Gasteiger partial charge < -0.3 is 10.2 Å². The maximum atomic E-state index is 14.1. The van der Waals surface area contributed by atoms with Crippen molar-refractivity contribution in [1.29, 1.82) is 5.26 Å². The number of hydrogen-bond acceptors (Lipinski definition) is 3. The molecule has 1 aromatic carbocycles. The van der Waals surface area contributed by atoms with Crippen molar-refractivity contribution >= 4 is 21.6 Å². The summed E-state index contributed by atoms with van der Waals surface area (Å²) in [4.78, 5) is 2.03. The van der Waals surface area contributed by atoms with Gasteiger partial charge in [0.2, 0.25) is 0 Å². The molecule has 0 unspecified atom stereocenters. The molecule has 0 aliphatic carbocycles. The minimum Gasteiger partial charge on any atom is -0.364 e. The zero-order valence-electron chi connectivity index (χ0n) is 9.50. The van der Waals surface area contributed by atoms with Crippen LogP contribution in [0.1, 0.15) is 12.5 Å². The van der Waals surface area contributed by atoms with Crippen LogP contribution in [-0.4, -0.2) is 25.7 Å². The molecule has 0 saturated carbocycles. The van der Waals surface area contributed by atoms with Gasteiger partial charge in [-0.3, -0.25) is 0 Å². The Morgan fingerprint density at radius 3 is 2.76 bits per heavy atom. The van der Waals surface area contributed by atoms with E-state index in [0.717, 1.165) is 19.6 Å². The zero-order valence-corrected chi connectivity index (χ0v) is 11.1. The summed E-state index contributed by atoms with van der Waals surface area (Å²) in [6.07, 6.45) is 0. The third-order valence-electron chi connectivity index (χ3n) is 3.03. The average Bonchev–Trinajstić information content (AvgIpc) is 2.27. The number of anilines is 1. The average molecular weight is 298 g/mol. The molecule has 1 saturated heterocycles. The van der Waals surface area contributed by atoms with Gasteiger partial charge in [-0.05, 0) is 35.0 Å². The fourth-order valence-corrected chi connectivity index (χ4v) is 2.39. The first-order valence-corrected chi connectivity index (χ1v) is 6.33. The molecule has 1 fully saturated rings. The smallest absolute Gasteiger partial charge is 0.161 e. The fraction of sp³-hybridized carbons (Fsp3) is 0.417. The van der Waals surface area contributed by atoms with E-state index >= 15 is 0 Å². The lowest BCUT2D eigenvalue weighted by Gasteiger charge is -2.39. The minimum atomic E-state index is -0.349. The monoisotopic (exact) mass is 297 g/mol. The number of nitrogens with one attached hydrogen (secondary N) is 1. The third-order valence-corrected chi connectivity index (χ3v) is 3.81. The van der Waals surface area contributed by atoms with Gasteiger partial charge in [0.05, 0.1) is 21.8 Å². The van der Waals surface area contributed by atoms with E-state index in [1.54, 1.807) is 12.1 Å². The van der Waals surface area contributed by atoms with Crippen LogP contribution in [0.4, 0.5) is 10.1 Å². The van der Waals surface area contributed by atoms with E-state index in [-0.39, 0.29) is 10.3 Å². The Kier molecular flexibility index (Phi) is 3.65. The number of nitriles is 1. The molecular weight excluding hydrogens is 285 g/mol. The SMILES string of the molecule is CCN(c1ccc(C#N)c(Br)c1F)C1CNC1. The molecule has 0 amide bonds. The van der Waals surface area contributed by atoms with E-state index in [9.17, 15) is 4.39 Å². The summed E-state index contributed by atoms with van der Waals surface area (Å²) in [6, 6.07) is 5.63. The third kappa shape index (κ3) is 2.15. The predicted molar refractivity (Wildman–Crippen MR) is 68.5 cm³/mol. The van der Waals surface area contributed by atoms with Gasteiger partial charge in [0.1, 0.15) is 6.07 Å². The van der Waals surface area contributed by atoms with Gasteiger partial charge in [0.25, 0.3) is 0 Å². The predicted octanol–water partition coefficient (Wildman–Crippen LogP) is 2.26. The molecule has 0 aromatic heterocycles. The number of halogens is 2. The van der Waals surface area contributed by atoms with Crippen LogP contribution in [0.25, 0.3) is 0 Å². The summed E-state index contributed by atoms with van der Waals surface area (Å²) in [5.74, 6) is -0.349. The zero-order chi connectivity index (χ0) is 12.4. The lowest BCUT2D eigenvalue weighted by atomic mass is 10.1. The minimum absolute atomic E-state index is 0.253. The molecule has 1 aromatic rings. The normalized spacial score (nSPS) is 15.2. The number of hydrogen-bond donors (Lipinski definition) is 1. The first-order valence-electron chi connectivity index (χ1n) is 5.54. The molecule has 3 nitrogen and oxygen atoms in total. The van der Waals surface area contributed by atoms with Crippen LogP contribution in [0.5, 0.6) is 0 Å². The molecule has 0 spiro atoms. The van der Waals surface area contributed by atoms with E-state index in [1.165, 1.54) is 0 Å². The second-order valence-corrected chi connectivity index (χ2v) is 4.76. The Morgan fingerprint density at radius 1 is 1.59 bits per heavy atom. The Hall–Kier alpha value is -1.12. The Morgan fingerprint density at radius 2 is 2.29 bits per heavy atom. The highest BCUT2D eigenvalue weighted by atomic mass is 79.9. The summed E-state index contributed by atoms with van der Waals surface area (Å²) in [5, 5.41) is 12.0. The van der Waals surface area contributed by atoms with Gasteiger partial charge in [0, 0.05) is 19.6 Å². The van der Waals surface area contributed by atoms with Crippen molar-refractivity contribution in [3.8, 4) is 6.07 Å². The van der Waals surface area contributed by atoms with Crippen LogP contribution in [0.3, 0.4) is 0 Å². The summed E-state index contributed by atoms with van der Waals surface area (Å²) < 4.78 is 14.4. The molecule has 0 radical (unpaired) electrons. The summed E-state index contributed by atoms with van der Waals surface area (Å²) in [6.45, 7) is 4.52. The quantitative estimate of drug-likeness (QED) is 0.930. The van der Waals surface area contributed by atoms with Crippen molar-refractivity contribution in [3.63, 3.8) is 0 Å². The van der Waals surface area contributed by atoms with Crippen LogP contribution in [-0.2, 0) is 0 Å². The Labute approximate surface area is 108 Å². The molecule has 0 bridgehead atoms. The number of nitrogens with zero attached hydrogens (tertiary/aromatic N) is 2. The Bertz CT molecular complexity index is 466. The molecule has 0 atom stereocenters.